The average molecular weight is 570 g/mol. The van der Waals surface area contributed by atoms with Gasteiger partial charge in [0.1, 0.15) is 23.9 Å². The number of pyridine rings is 1. The van der Waals surface area contributed by atoms with Gasteiger partial charge in [-0.3, -0.25) is 9.59 Å². The molecule has 2 aromatic heterocycles. The monoisotopic (exact) mass is 569 g/mol. The Morgan fingerprint density at radius 1 is 1.00 bits per heavy atom. The molecule has 0 unspecified atom stereocenters. The summed E-state index contributed by atoms with van der Waals surface area (Å²) in [5.74, 6) is 2.22. The zero-order valence-electron chi connectivity index (χ0n) is 21.9. The van der Waals surface area contributed by atoms with E-state index in [4.69, 9.17) is 21.3 Å². The number of hydrogen-bond acceptors (Lipinski definition) is 6. The molecule has 0 bridgehead atoms. The summed E-state index contributed by atoms with van der Waals surface area (Å²) in [7, 11) is 0. The predicted molar refractivity (Wildman–Crippen MR) is 159 cm³/mol. The van der Waals surface area contributed by atoms with Crippen LogP contribution >= 0.6 is 22.9 Å². The lowest BCUT2D eigenvalue weighted by atomic mass is 10.1. The number of anilines is 2. The first-order chi connectivity index (χ1) is 19.5. The third-order valence-electron chi connectivity index (χ3n) is 7.82. The normalized spacial score (nSPS) is 16.2. The third kappa shape index (κ3) is 4.88. The Morgan fingerprint density at radius 2 is 1.88 bits per heavy atom. The highest BCUT2D eigenvalue weighted by atomic mass is 35.5. The number of carbonyl (C=O) groups is 2. The van der Waals surface area contributed by atoms with Gasteiger partial charge in [0, 0.05) is 40.5 Å². The number of rotatable bonds is 5. The van der Waals surface area contributed by atoms with Crippen LogP contribution < -0.4 is 14.5 Å². The van der Waals surface area contributed by atoms with Crippen molar-refractivity contribution in [2.75, 3.05) is 29.5 Å². The molecule has 3 aliphatic rings. The maximum absolute atomic E-state index is 14.0. The quantitative estimate of drug-likeness (QED) is 0.241. The summed E-state index contributed by atoms with van der Waals surface area (Å²) in [6.07, 6.45) is 3.66. The fourth-order valence-electron chi connectivity index (χ4n) is 5.54. The summed E-state index contributed by atoms with van der Waals surface area (Å²) in [6, 6.07) is 21.3. The maximum Gasteiger partial charge on any atom is 0.276 e. The fourth-order valence-corrected chi connectivity index (χ4v) is 6.93. The van der Waals surface area contributed by atoms with E-state index < -0.39 is 0 Å². The Hall–Kier alpha value is -3.68. The highest BCUT2D eigenvalue weighted by Gasteiger charge is 2.30. The second-order valence-corrected chi connectivity index (χ2v) is 12.2. The van der Waals surface area contributed by atoms with Crippen molar-refractivity contribution < 1.29 is 14.3 Å². The first-order valence-corrected chi connectivity index (χ1v) is 14.9. The fraction of sp³-hybridized carbons (Fsp3) is 0.281. The maximum atomic E-state index is 14.0. The van der Waals surface area contributed by atoms with Crippen molar-refractivity contribution in [2.24, 2.45) is 5.92 Å². The number of ketones is 1. The Bertz CT molecular complexity index is 1630. The van der Waals surface area contributed by atoms with E-state index in [1.165, 1.54) is 12.8 Å². The standard InChI is InChI=1S/C32H28ClN3O3S/c33-23-10-11-28-22(17-23)19-35(14-15-39-28)30-7-3-5-25(34-30)32(38)36-13-12-21-18-29(27(37)16-20-8-9-20)40-31(21)24-4-1-2-6-26(24)36/h1-7,10-11,17-18,20H,8-9,12-16,19H2. The van der Waals surface area contributed by atoms with Crippen molar-refractivity contribution >= 4 is 46.1 Å². The van der Waals surface area contributed by atoms with Gasteiger partial charge in [-0.05, 0) is 73.2 Å². The minimum Gasteiger partial charge on any atom is -0.491 e. The topological polar surface area (TPSA) is 62.7 Å². The van der Waals surface area contributed by atoms with Gasteiger partial charge in [0.2, 0.25) is 0 Å². The van der Waals surface area contributed by atoms with Crippen molar-refractivity contribution in [3.8, 4) is 16.2 Å². The number of ether oxygens (including phenoxy) is 1. The second-order valence-electron chi connectivity index (χ2n) is 10.7. The number of Topliss-reactive ketones (excluding diaryl/α,β-unsaturated/α-hetero) is 1. The second kappa shape index (κ2) is 10.4. The van der Waals surface area contributed by atoms with Gasteiger partial charge in [0.15, 0.2) is 5.78 Å². The zero-order valence-corrected chi connectivity index (χ0v) is 23.5. The lowest BCUT2D eigenvalue weighted by Crippen LogP contribution is -2.34. The van der Waals surface area contributed by atoms with Crippen molar-refractivity contribution in [1.82, 2.24) is 4.98 Å². The Kier molecular flexibility index (Phi) is 6.56. The molecule has 0 N–H and O–H groups in total. The molecule has 40 heavy (non-hydrogen) atoms. The van der Waals surface area contributed by atoms with Crippen molar-refractivity contribution in [3.05, 3.63) is 93.5 Å². The van der Waals surface area contributed by atoms with Gasteiger partial charge >= 0.3 is 0 Å². The van der Waals surface area contributed by atoms with E-state index in [9.17, 15) is 9.59 Å². The summed E-state index contributed by atoms with van der Waals surface area (Å²) in [5, 5.41) is 0.661. The molecular weight excluding hydrogens is 542 g/mol. The molecule has 4 heterocycles. The molecule has 2 aliphatic heterocycles. The molecule has 1 aliphatic carbocycles. The zero-order chi connectivity index (χ0) is 27.2. The minimum absolute atomic E-state index is 0.135. The summed E-state index contributed by atoms with van der Waals surface area (Å²) >= 11 is 7.81. The van der Waals surface area contributed by atoms with Crippen molar-refractivity contribution in [3.63, 3.8) is 0 Å². The predicted octanol–water partition coefficient (Wildman–Crippen LogP) is 7.05. The van der Waals surface area contributed by atoms with Crippen LogP contribution in [0.3, 0.4) is 0 Å². The molecule has 0 saturated heterocycles. The van der Waals surface area contributed by atoms with Crippen LogP contribution in [0.25, 0.3) is 10.4 Å². The molecule has 1 saturated carbocycles. The van der Waals surface area contributed by atoms with E-state index in [-0.39, 0.29) is 11.7 Å². The number of para-hydroxylation sites is 1. The van der Waals surface area contributed by atoms with Gasteiger partial charge in [-0.1, -0.05) is 35.9 Å². The van der Waals surface area contributed by atoms with Crippen LogP contribution in [0.2, 0.25) is 5.02 Å². The van der Waals surface area contributed by atoms with Crippen LogP contribution in [0.4, 0.5) is 11.5 Å². The lowest BCUT2D eigenvalue weighted by Gasteiger charge is -2.24. The van der Waals surface area contributed by atoms with Crippen LogP contribution in [-0.4, -0.2) is 36.4 Å². The molecule has 202 valence electrons. The molecule has 0 atom stereocenters. The summed E-state index contributed by atoms with van der Waals surface area (Å²) in [6.45, 7) is 2.27. The molecule has 4 aromatic rings. The molecule has 1 fully saturated rings. The highest BCUT2D eigenvalue weighted by molar-refractivity contribution is 7.17. The number of halogens is 1. The Labute approximate surface area is 242 Å². The molecular formula is C32H28ClN3O3S. The van der Waals surface area contributed by atoms with Crippen LogP contribution in [0.15, 0.2) is 66.7 Å². The smallest absolute Gasteiger partial charge is 0.276 e. The largest absolute Gasteiger partial charge is 0.491 e. The van der Waals surface area contributed by atoms with Gasteiger partial charge in [0.25, 0.3) is 5.91 Å². The van der Waals surface area contributed by atoms with Crippen LogP contribution in [-0.2, 0) is 13.0 Å². The number of fused-ring (bicyclic) bond motifs is 4. The molecule has 7 rings (SSSR count). The van der Waals surface area contributed by atoms with Crippen LogP contribution in [0, 0.1) is 5.92 Å². The summed E-state index contributed by atoms with van der Waals surface area (Å²) in [5.41, 5.74) is 4.37. The number of nitrogens with zero attached hydrogens (tertiary/aromatic N) is 3. The minimum atomic E-state index is -0.135. The van der Waals surface area contributed by atoms with Gasteiger partial charge in [0.05, 0.1) is 17.1 Å². The molecule has 2 aromatic carbocycles. The number of benzene rings is 2. The number of aromatic nitrogens is 1. The van der Waals surface area contributed by atoms with Gasteiger partial charge in [-0.15, -0.1) is 11.3 Å². The van der Waals surface area contributed by atoms with Crippen LogP contribution in [0.5, 0.6) is 5.75 Å². The molecule has 0 radical (unpaired) electrons. The lowest BCUT2D eigenvalue weighted by molar-refractivity contribution is 0.0972. The van der Waals surface area contributed by atoms with E-state index >= 15 is 0 Å². The summed E-state index contributed by atoms with van der Waals surface area (Å²) in [4.78, 5) is 37.6. The Balaban J connectivity index is 1.17. The van der Waals surface area contributed by atoms with Crippen molar-refractivity contribution in [1.29, 1.82) is 0 Å². The third-order valence-corrected chi connectivity index (χ3v) is 9.31. The first kappa shape index (κ1) is 25.3. The number of hydrogen-bond donors (Lipinski definition) is 0. The SMILES string of the molecule is O=C(CC1CC1)c1cc2c(s1)-c1ccccc1N(C(=O)c1cccc(N3CCOc4ccc(Cl)cc4C3)n1)CC2. The first-order valence-electron chi connectivity index (χ1n) is 13.7. The van der Waals surface area contributed by atoms with E-state index in [2.05, 4.69) is 17.0 Å². The van der Waals surface area contributed by atoms with Crippen molar-refractivity contribution in [2.45, 2.75) is 32.2 Å². The van der Waals surface area contributed by atoms with Gasteiger partial charge in [-0.2, -0.15) is 0 Å². The van der Waals surface area contributed by atoms with Gasteiger partial charge in [-0.25, -0.2) is 4.98 Å². The average Bonchev–Trinajstić information content (AvgIpc) is 3.75. The van der Waals surface area contributed by atoms with E-state index in [1.807, 2.05) is 53.4 Å². The molecule has 6 nitrogen and oxygen atoms in total. The van der Waals surface area contributed by atoms with Gasteiger partial charge < -0.3 is 14.5 Å². The Morgan fingerprint density at radius 3 is 2.75 bits per heavy atom. The van der Waals surface area contributed by atoms with E-state index in [0.717, 1.165) is 43.7 Å². The number of amides is 1. The molecule has 0 spiro atoms. The van der Waals surface area contributed by atoms with E-state index in [0.29, 0.717) is 55.7 Å². The van der Waals surface area contributed by atoms with E-state index in [1.54, 1.807) is 17.4 Å². The molecule has 1 amide bonds. The summed E-state index contributed by atoms with van der Waals surface area (Å²) < 4.78 is 5.93. The number of thiophene rings is 1. The van der Waals surface area contributed by atoms with Crippen LogP contribution in [0.1, 0.15) is 50.5 Å². The number of carbonyl (C=O) groups excluding carboxylic acids is 2. The molecule has 8 heteroatoms. The highest BCUT2D eigenvalue weighted by Crippen LogP contribution is 2.43.